The molecule has 2 aromatic heterocycles. The van der Waals surface area contributed by atoms with Crippen LogP contribution in [0.3, 0.4) is 0 Å². The number of nitrogens with zero attached hydrogens (tertiary/aromatic N) is 3. The highest BCUT2D eigenvalue weighted by atomic mass is 16.5. The third-order valence-corrected chi connectivity index (χ3v) is 3.37. The van der Waals surface area contributed by atoms with Crippen LogP contribution in [0.5, 0.6) is 0 Å². The van der Waals surface area contributed by atoms with E-state index in [0.29, 0.717) is 19.0 Å². The van der Waals surface area contributed by atoms with Gasteiger partial charge in [0.1, 0.15) is 5.82 Å². The minimum absolute atomic E-state index is 0.208. The van der Waals surface area contributed by atoms with Crippen molar-refractivity contribution in [1.82, 2.24) is 15.0 Å². The molecule has 1 aliphatic rings. The number of anilines is 1. The van der Waals surface area contributed by atoms with Crippen LogP contribution in [0.15, 0.2) is 35.4 Å². The van der Waals surface area contributed by atoms with Crippen molar-refractivity contribution in [2.24, 2.45) is 0 Å². The van der Waals surface area contributed by atoms with Crippen molar-refractivity contribution in [1.29, 1.82) is 0 Å². The molecule has 3 heterocycles. The summed E-state index contributed by atoms with van der Waals surface area (Å²) in [5.74, 6) is 0.684. The van der Waals surface area contributed by atoms with Gasteiger partial charge in [0, 0.05) is 30.6 Å². The fourth-order valence-electron chi connectivity index (χ4n) is 2.34. The minimum atomic E-state index is -0.347. The van der Waals surface area contributed by atoms with Crippen molar-refractivity contribution in [2.75, 3.05) is 24.7 Å². The van der Waals surface area contributed by atoms with Crippen LogP contribution in [0.1, 0.15) is 6.92 Å². The molecule has 1 fully saturated rings. The van der Waals surface area contributed by atoms with Gasteiger partial charge in [-0.3, -0.25) is 4.98 Å². The highest BCUT2D eigenvalue weighted by Crippen LogP contribution is 2.21. The number of aromatic amines is 1. The summed E-state index contributed by atoms with van der Waals surface area (Å²) in [7, 11) is 0. The first-order chi connectivity index (χ1) is 9.74. The summed E-state index contributed by atoms with van der Waals surface area (Å²) in [5, 5.41) is 0. The Labute approximate surface area is 116 Å². The summed E-state index contributed by atoms with van der Waals surface area (Å²) in [6.07, 6.45) is 3.42. The lowest BCUT2D eigenvalue weighted by molar-refractivity contribution is 0.0985. The summed E-state index contributed by atoms with van der Waals surface area (Å²) < 4.78 is 5.41. The molecule has 0 saturated carbocycles. The zero-order chi connectivity index (χ0) is 13.9. The molecule has 20 heavy (non-hydrogen) atoms. The van der Waals surface area contributed by atoms with Crippen LogP contribution in [0.2, 0.25) is 0 Å². The van der Waals surface area contributed by atoms with E-state index in [-0.39, 0.29) is 11.7 Å². The second-order valence-electron chi connectivity index (χ2n) is 4.82. The van der Waals surface area contributed by atoms with E-state index in [9.17, 15) is 4.79 Å². The second-order valence-corrected chi connectivity index (χ2v) is 4.82. The first-order valence-electron chi connectivity index (χ1n) is 6.60. The molecule has 3 rings (SSSR count). The number of H-pyrrole nitrogens is 1. The Balaban J connectivity index is 2.01. The van der Waals surface area contributed by atoms with E-state index >= 15 is 0 Å². The predicted octanol–water partition coefficient (Wildman–Crippen LogP) is 1.06. The molecule has 2 aromatic rings. The Bertz CT molecular complexity index is 641. The summed E-state index contributed by atoms with van der Waals surface area (Å²) in [4.78, 5) is 24.8. The van der Waals surface area contributed by atoms with E-state index in [4.69, 9.17) is 4.74 Å². The normalized spacial score (nSPS) is 19.1. The molecule has 0 bridgehead atoms. The number of pyridine rings is 1. The number of hydrogen-bond donors (Lipinski definition) is 1. The lowest BCUT2D eigenvalue weighted by Crippen LogP contribution is -2.44. The number of ether oxygens (including phenoxy) is 1. The van der Waals surface area contributed by atoms with Gasteiger partial charge in [0.15, 0.2) is 0 Å². The lowest BCUT2D eigenvalue weighted by atomic mass is 10.2. The molecule has 0 unspecified atom stereocenters. The quantitative estimate of drug-likeness (QED) is 0.885. The largest absolute Gasteiger partial charge is 0.377 e. The summed E-state index contributed by atoms with van der Waals surface area (Å²) in [6, 6.07) is 5.84. The van der Waals surface area contributed by atoms with E-state index in [1.165, 1.54) is 0 Å². The van der Waals surface area contributed by atoms with E-state index in [0.717, 1.165) is 17.8 Å². The molecule has 0 radical (unpaired) electrons. The Morgan fingerprint density at radius 1 is 1.50 bits per heavy atom. The smallest absolute Gasteiger partial charge is 0.347 e. The van der Waals surface area contributed by atoms with Gasteiger partial charge in [-0.1, -0.05) is 0 Å². The Morgan fingerprint density at radius 2 is 2.40 bits per heavy atom. The molecule has 0 aromatic carbocycles. The third kappa shape index (κ3) is 2.55. The first kappa shape index (κ1) is 12.8. The van der Waals surface area contributed by atoms with Crippen molar-refractivity contribution >= 4 is 5.82 Å². The van der Waals surface area contributed by atoms with Gasteiger partial charge in [-0.25, -0.2) is 4.79 Å². The van der Waals surface area contributed by atoms with Crippen molar-refractivity contribution in [3.05, 3.63) is 41.1 Å². The average Bonchev–Trinajstić information content (AvgIpc) is 2.48. The molecule has 1 N–H and O–H groups in total. The zero-order valence-corrected chi connectivity index (χ0v) is 11.2. The van der Waals surface area contributed by atoms with Crippen LogP contribution in [-0.4, -0.2) is 40.8 Å². The topological polar surface area (TPSA) is 71.1 Å². The van der Waals surface area contributed by atoms with Crippen LogP contribution >= 0.6 is 0 Å². The fraction of sp³-hybridized carbons (Fsp3) is 0.357. The van der Waals surface area contributed by atoms with Gasteiger partial charge in [-0.2, -0.15) is 4.98 Å². The molecule has 0 spiro atoms. The molecular weight excluding hydrogens is 256 g/mol. The maximum absolute atomic E-state index is 11.8. The SMILES string of the molecule is C[C@@H]1COCCN1c1cc(-c2cccnc2)[nH]c(=O)n1. The van der Waals surface area contributed by atoms with Crippen LogP contribution < -0.4 is 10.6 Å². The predicted molar refractivity (Wildman–Crippen MR) is 75.7 cm³/mol. The van der Waals surface area contributed by atoms with Crippen LogP contribution in [-0.2, 0) is 4.74 Å². The van der Waals surface area contributed by atoms with Crippen LogP contribution in [0, 0.1) is 0 Å². The molecule has 104 valence electrons. The van der Waals surface area contributed by atoms with Gasteiger partial charge in [0.05, 0.1) is 24.9 Å². The summed E-state index contributed by atoms with van der Waals surface area (Å²) in [6.45, 7) is 4.10. The average molecular weight is 272 g/mol. The molecule has 1 atom stereocenters. The monoisotopic (exact) mass is 272 g/mol. The zero-order valence-electron chi connectivity index (χ0n) is 11.2. The van der Waals surface area contributed by atoms with Crippen LogP contribution in [0.25, 0.3) is 11.3 Å². The van der Waals surface area contributed by atoms with E-state index in [1.807, 2.05) is 18.2 Å². The number of rotatable bonds is 2. The fourth-order valence-corrected chi connectivity index (χ4v) is 2.34. The minimum Gasteiger partial charge on any atom is -0.377 e. The van der Waals surface area contributed by atoms with Gasteiger partial charge in [0.2, 0.25) is 0 Å². The third-order valence-electron chi connectivity index (χ3n) is 3.37. The van der Waals surface area contributed by atoms with Crippen molar-refractivity contribution < 1.29 is 4.74 Å². The van der Waals surface area contributed by atoms with Gasteiger partial charge in [0.25, 0.3) is 0 Å². The molecule has 6 heteroatoms. The first-order valence-corrected chi connectivity index (χ1v) is 6.60. The van der Waals surface area contributed by atoms with Crippen molar-refractivity contribution in [2.45, 2.75) is 13.0 Å². The van der Waals surface area contributed by atoms with E-state index in [1.54, 1.807) is 12.4 Å². The van der Waals surface area contributed by atoms with Gasteiger partial charge >= 0.3 is 5.69 Å². The Kier molecular flexibility index (Phi) is 3.47. The maximum Gasteiger partial charge on any atom is 0.347 e. The highest BCUT2D eigenvalue weighted by molar-refractivity contribution is 5.61. The molecule has 0 amide bonds. The second kappa shape index (κ2) is 5.42. The number of nitrogens with one attached hydrogen (secondary N) is 1. The van der Waals surface area contributed by atoms with Crippen molar-refractivity contribution in [3.8, 4) is 11.3 Å². The standard InChI is InChI=1S/C14H16N4O2/c1-10-9-20-6-5-18(10)13-7-12(16-14(19)17-13)11-3-2-4-15-8-11/h2-4,7-8,10H,5-6,9H2,1H3,(H,16,17,19)/t10-/m1/s1. The van der Waals surface area contributed by atoms with E-state index < -0.39 is 0 Å². The maximum atomic E-state index is 11.8. The molecule has 0 aliphatic carbocycles. The molecule has 1 saturated heterocycles. The lowest BCUT2D eigenvalue weighted by Gasteiger charge is -2.34. The number of aromatic nitrogens is 3. The van der Waals surface area contributed by atoms with Crippen LogP contribution in [0.4, 0.5) is 5.82 Å². The molecular formula is C14H16N4O2. The molecule has 6 nitrogen and oxygen atoms in total. The Morgan fingerprint density at radius 3 is 3.15 bits per heavy atom. The Hall–Kier alpha value is -2.21. The summed E-state index contributed by atoms with van der Waals surface area (Å²) >= 11 is 0. The number of hydrogen-bond acceptors (Lipinski definition) is 5. The van der Waals surface area contributed by atoms with Gasteiger partial charge < -0.3 is 14.6 Å². The van der Waals surface area contributed by atoms with Gasteiger partial charge in [-0.15, -0.1) is 0 Å². The number of morpholine rings is 1. The van der Waals surface area contributed by atoms with E-state index in [2.05, 4.69) is 26.8 Å². The summed E-state index contributed by atoms with van der Waals surface area (Å²) in [5.41, 5.74) is 1.25. The molecule has 1 aliphatic heterocycles. The highest BCUT2D eigenvalue weighted by Gasteiger charge is 2.21. The van der Waals surface area contributed by atoms with Gasteiger partial charge in [-0.05, 0) is 19.1 Å². The van der Waals surface area contributed by atoms with Crippen molar-refractivity contribution in [3.63, 3.8) is 0 Å².